The fourth-order valence-electron chi connectivity index (χ4n) is 6.51. The molecule has 1 unspecified atom stereocenters. The van der Waals surface area contributed by atoms with Crippen LogP contribution in [0.5, 0.6) is 6.01 Å². The Morgan fingerprint density at radius 2 is 1.86 bits per heavy atom. The van der Waals surface area contributed by atoms with Gasteiger partial charge in [0.2, 0.25) is 0 Å². The van der Waals surface area contributed by atoms with Crippen molar-refractivity contribution in [2.45, 2.75) is 88.0 Å². The molecule has 1 saturated carbocycles. The van der Waals surface area contributed by atoms with Gasteiger partial charge in [-0.3, -0.25) is 9.80 Å². The Hall–Kier alpha value is -2.37. The van der Waals surface area contributed by atoms with Crippen molar-refractivity contribution in [1.82, 2.24) is 24.8 Å². The van der Waals surface area contributed by atoms with Crippen LogP contribution < -0.4 is 9.64 Å². The lowest BCUT2D eigenvalue weighted by atomic mass is 9.53. The lowest BCUT2D eigenvalue weighted by molar-refractivity contribution is -0.00392. The van der Waals surface area contributed by atoms with Crippen molar-refractivity contribution >= 4 is 50.1 Å². The number of halogens is 2. The van der Waals surface area contributed by atoms with Crippen LogP contribution in [0, 0.1) is 5.82 Å². The highest BCUT2D eigenvalue weighted by atomic mass is 35.5. The Morgan fingerprint density at radius 1 is 1.14 bits per heavy atom. The summed E-state index contributed by atoms with van der Waals surface area (Å²) < 4.78 is 33.3. The Morgan fingerprint density at radius 3 is 2.52 bits per heavy atom. The fourth-order valence-corrected chi connectivity index (χ4v) is 6.65. The van der Waals surface area contributed by atoms with Gasteiger partial charge in [0, 0.05) is 36.8 Å². The average Bonchev–Trinajstić information content (AvgIpc) is 3.50. The van der Waals surface area contributed by atoms with Gasteiger partial charge in [0.05, 0.1) is 24.1 Å². The normalized spacial score (nSPS) is 22.9. The van der Waals surface area contributed by atoms with Gasteiger partial charge in [-0.05, 0) is 72.4 Å². The van der Waals surface area contributed by atoms with E-state index in [4.69, 9.17) is 46.5 Å². The van der Waals surface area contributed by atoms with E-state index in [1.165, 1.54) is 6.20 Å². The first-order valence-electron chi connectivity index (χ1n) is 14.8. The molecule has 3 saturated heterocycles. The van der Waals surface area contributed by atoms with E-state index in [1.54, 1.807) is 4.90 Å². The highest BCUT2D eigenvalue weighted by Gasteiger charge is 2.55. The molecular formula is C28H36B2ClFN6O4. The van der Waals surface area contributed by atoms with E-state index in [2.05, 4.69) is 14.9 Å². The van der Waals surface area contributed by atoms with Crippen molar-refractivity contribution < 1.29 is 23.4 Å². The van der Waals surface area contributed by atoms with Crippen molar-refractivity contribution in [2.24, 2.45) is 0 Å². The van der Waals surface area contributed by atoms with Crippen LogP contribution in [0.2, 0.25) is 5.15 Å². The number of rotatable bonds is 7. The number of nitrogens with zero attached hydrogens (tertiary/aromatic N) is 6. The van der Waals surface area contributed by atoms with Crippen LogP contribution in [-0.2, 0) is 9.47 Å². The molecule has 4 aliphatic rings. The smallest absolute Gasteiger partial charge is 0.410 e. The van der Waals surface area contributed by atoms with E-state index in [-0.39, 0.29) is 28.8 Å². The zero-order valence-electron chi connectivity index (χ0n) is 24.4. The lowest BCUT2D eigenvalue weighted by Crippen LogP contribution is -2.63. The largest absolute Gasteiger partial charge is 0.475 e. The summed E-state index contributed by atoms with van der Waals surface area (Å²) >= 11 is 6.06. The van der Waals surface area contributed by atoms with Gasteiger partial charge in [0.25, 0.3) is 0 Å². The standard InChI is InChI=1S/C28H36B2ClFN6O4/c1-26(2,3)42-25(39)38-13-12-36(15-17(38)16-40-18-6-7-18)23-19-14-33-22(31)20(32)21(19)34-24(35-23)41-28(29,30)27-8-4-10-37(27)11-5-9-27/h14,17-18H,4-13,15-16H2,1-3H3. The van der Waals surface area contributed by atoms with Crippen molar-refractivity contribution in [2.75, 3.05) is 44.2 Å². The third-order valence-electron chi connectivity index (χ3n) is 8.69. The molecule has 0 N–H and O–H groups in total. The van der Waals surface area contributed by atoms with Gasteiger partial charge in [-0.1, -0.05) is 11.6 Å². The van der Waals surface area contributed by atoms with Gasteiger partial charge in [0.1, 0.15) is 32.6 Å². The minimum Gasteiger partial charge on any atom is -0.475 e. The van der Waals surface area contributed by atoms with E-state index in [1.807, 2.05) is 25.7 Å². The zero-order valence-corrected chi connectivity index (χ0v) is 25.2. The molecule has 2 aromatic heterocycles. The molecule has 14 heteroatoms. The van der Waals surface area contributed by atoms with Crippen molar-refractivity contribution in [3.8, 4) is 6.01 Å². The van der Waals surface area contributed by atoms with Gasteiger partial charge < -0.3 is 19.1 Å². The maximum absolute atomic E-state index is 15.4. The molecule has 0 aromatic carbocycles. The van der Waals surface area contributed by atoms with Gasteiger partial charge >= 0.3 is 12.1 Å². The summed E-state index contributed by atoms with van der Waals surface area (Å²) in [5.41, 5.74) is -1.24. The number of hydrogen-bond acceptors (Lipinski definition) is 9. The van der Waals surface area contributed by atoms with Gasteiger partial charge in [-0.2, -0.15) is 9.97 Å². The summed E-state index contributed by atoms with van der Waals surface area (Å²) in [7, 11) is 13.4. The molecule has 1 atom stereocenters. The van der Waals surface area contributed by atoms with Crippen molar-refractivity contribution in [1.29, 1.82) is 0 Å². The number of pyridine rings is 1. The predicted molar refractivity (Wildman–Crippen MR) is 158 cm³/mol. The molecule has 0 bridgehead atoms. The molecule has 2 aromatic rings. The minimum atomic E-state index is -1.60. The summed E-state index contributed by atoms with van der Waals surface area (Å²) in [5, 5.41) is -1.56. The molecule has 4 fully saturated rings. The highest BCUT2D eigenvalue weighted by Crippen LogP contribution is 2.45. The van der Waals surface area contributed by atoms with Crippen LogP contribution in [0.25, 0.3) is 10.9 Å². The van der Waals surface area contributed by atoms with Crippen LogP contribution in [0.4, 0.5) is 15.0 Å². The first-order chi connectivity index (χ1) is 19.9. The molecule has 1 amide bonds. The lowest BCUT2D eigenvalue weighted by Gasteiger charge is -2.47. The molecule has 42 heavy (non-hydrogen) atoms. The van der Waals surface area contributed by atoms with Gasteiger partial charge in [0.15, 0.2) is 11.0 Å². The molecule has 6 rings (SSSR count). The van der Waals surface area contributed by atoms with E-state index in [0.717, 1.165) is 51.6 Å². The Labute approximate surface area is 253 Å². The summed E-state index contributed by atoms with van der Waals surface area (Å²) in [6.07, 6.45) is 6.76. The second-order valence-electron chi connectivity index (χ2n) is 12.9. The Bertz CT molecular complexity index is 1350. The summed E-state index contributed by atoms with van der Waals surface area (Å²) in [6.45, 7) is 8.72. The third kappa shape index (κ3) is 5.64. The van der Waals surface area contributed by atoms with E-state index in [0.29, 0.717) is 37.4 Å². The monoisotopic (exact) mass is 596 g/mol. The maximum Gasteiger partial charge on any atom is 0.410 e. The second-order valence-corrected chi connectivity index (χ2v) is 13.2. The van der Waals surface area contributed by atoms with Crippen molar-refractivity contribution in [3.63, 3.8) is 0 Å². The summed E-state index contributed by atoms with van der Waals surface area (Å²) in [4.78, 5) is 32.2. The number of amides is 1. The van der Waals surface area contributed by atoms with Crippen molar-refractivity contribution in [3.05, 3.63) is 17.2 Å². The number of aromatic nitrogens is 3. The molecule has 5 heterocycles. The number of carbonyl (C=O) groups is 1. The average molecular weight is 597 g/mol. The van der Waals surface area contributed by atoms with Gasteiger partial charge in [-0.25, -0.2) is 14.2 Å². The third-order valence-corrected chi connectivity index (χ3v) is 8.95. The van der Waals surface area contributed by atoms with Crippen LogP contribution in [-0.4, -0.2) is 115 Å². The van der Waals surface area contributed by atoms with Crippen LogP contribution in [0.1, 0.15) is 59.3 Å². The van der Waals surface area contributed by atoms with Gasteiger partial charge in [-0.15, -0.1) is 0 Å². The summed E-state index contributed by atoms with van der Waals surface area (Å²) in [5.74, 6) is -0.397. The highest BCUT2D eigenvalue weighted by molar-refractivity contribution is 6.40. The number of piperazine rings is 1. The quantitative estimate of drug-likeness (QED) is 0.352. The number of anilines is 1. The molecule has 4 radical (unpaired) electrons. The van der Waals surface area contributed by atoms with Crippen LogP contribution >= 0.6 is 11.6 Å². The SMILES string of the molecule is [B]C([B])(Oc1nc(N2CCN(C(=O)OC(C)(C)C)C(COC3CC3)C2)c2cnc(Cl)c(F)c2n1)C12CCCN1CCC2. The maximum atomic E-state index is 15.4. The summed E-state index contributed by atoms with van der Waals surface area (Å²) in [6, 6.07) is -0.474. The predicted octanol–water partition coefficient (Wildman–Crippen LogP) is 3.42. The Balaban J connectivity index is 1.33. The molecule has 222 valence electrons. The molecule has 1 aliphatic carbocycles. The first-order valence-corrected chi connectivity index (χ1v) is 15.1. The fraction of sp³-hybridized carbons (Fsp3) is 0.714. The number of hydrogen-bond donors (Lipinski definition) is 0. The number of fused-ring (bicyclic) bond motifs is 2. The minimum absolute atomic E-state index is 0.0432. The van der Waals surface area contributed by atoms with E-state index >= 15 is 4.39 Å². The topological polar surface area (TPSA) is 93.2 Å². The number of ether oxygens (including phenoxy) is 3. The zero-order chi connectivity index (χ0) is 29.9. The first kappa shape index (κ1) is 29.7. The molecule has 10 nitrogen and oxygen atoms in total. The Kier molecular flexibility index (Phi) is 7.75. The van der Waals surface area contributed by atoms with E-state index in [9.17, 15) is 4.79 Å². The molecule has 3 aliphatic heterocycles. The second kappa shape index (κ2) is 11.0. The molecule has 0 spiro atoms. The molecular weight excluding hydrogens is 560 g/mol. The van der Waals surface area contributed by atoms with E-state index < -0.39 is 28.5 Å². The number of carbonyl (C=O) groups excluding carboxylic acids is 1. The van der Waals surface area contributed by atoms with Crippen LogP contribution in [0.15, 0.2) is 6.20 Å². The van der Waals surface area contributed by atoms with Crippen LogP contribution in [0.3, 0.4) is 0 Å².